The molecular formula is C22H46. The maximum atomic E-state index is 2.53. The highest BCUT2D eigenvalue weighted by Crippen LogP contribution is 2.32. The summed E-state index contributed by atoms with van der Waals surface area (Å²) in [6, 6.07) is 0. The van der Waals surface area contributed by atoms with Crippen molar-refractivity contribution in [3.63, 3.8) is 0 Å². The monoisotopic (exact) mass is 310 g/mol. The first-order valence-electron chi connectivity index (χ1n) is 10.6. The molecule has 0 heterocycles. The van der Waals surface area contributed by atoms with Crippen molar-refractivity contribution >= 4 is 0 Å². The zero-order valence-corrected chi connectivity index (χ0v) is 16.8. The Morgan fingerprint density at radius 1 is 0.500 bits per heavy atom. The van der Waals surface area contributed by atoms with E-state index in [4.69, 9.17) is 0 Å². The minimum Gasteiger partial charge on any atom is -0.0654 e. The molecule has 0 aromatic rings. The van der Waals surface area contributed by atoms with Gasteiger partial charge in [0.25, 0.3) is 0 Å². The summed E-state index contributed by atoms with van der Waals surface area (Å²) in [5.41, 5.74) is 0. The predicted octanol–water partition coefficient (Wildman–Crippen LogP) is 8.25. The zero-order chi connectivity index (χ0) is 16.8. The maximum absolute atomic E-state index is 2.53. The molecule has 0 amide bonds. The van der Waals surface area contributed by atoms with Crippen LogP contribution >= 0.6 is 0 Å². The molecule has 0 spiro atoms. The van der Waals surface area contributed by atoms with Gasteiger partial charge in [-0.2, -0.15) is 0 Å². The van der Waals surface area contributed by atoms with Gasteiger partial charge in [-0.25, -0.2) is 0 Å². The lowest BCUT2D eigenvalue weighted by Gasteiger charge is -2.28. The van der Waals surface area contributed by atoms with Gasteiger partial charge >= 0.3 is 0 Å². The zero-order valence-electron chi connectivity index (χ0n) is 16.8. The largest absolute Gasteiger partial charge is 0.0654 e. The van der Waals surface area contributed by atoms with Gasteiger partial charge in [0.15, 0.2) is 0 Å². The van der Waals surface area contributed by atoms with E-state index in [9.17, 15) is 0 Å². The van der Waals surface area contributed by atoms with Crippen LogP contribution in [0.4, 0.5) is 0 Å². The van der Waals surface area contributed by atoms with Crippen molar-refractivity contribution in [2.45, 2.75) is 119 Å². The van der Waals surface area contributed by atoms with E-state index in [-0.39, 0.29) is 0 Å². The van der Waals surface area contributed by atoms with Gasteiger partial charge in [-0.3, -0.25) is 0 Å². The second kappa shape index (κ2) is 14.6. The molecule has 0 aliphatic rings. The Labute approximate surface area is 142 Å². The average molecular weight is 311 g/mol. The first kappa shape index (κ1) is 22.0. The molecule has 4 unspecified atom stereocenters. The molecule has 4 atom stereocenters. The van der Waals surface area contributed by atoms with E-state index in [0.29, 0.717) is 0 Å². The third-order valence-corrected chi connectivity index (χ3v) is 6.13. The molecule has 0 fully saturated rings. The van der Waals surface area contributed by atoms with Crippen LogP contribution in [-0.2, 0) is 0 Å². The Kier molecular flexibility index (Phi) is 14.6. The van der Waals surface area contributed by atoms with E-state index >= 15 is 0 Å². The first-order chi connectivity index (χ1) is 10.6. The van der Waals surface area contributed by atoms with Crippen LogP contribution in [0.15, 0.2) is 0 Å². The van der Waals surface area contributed by atoms with E-state index in [2.05, 4.69) is 41.5 Å². The lowest BCUT2D eigenvalue weighted by molar-refractivity contribution is 0.237. The average Bonchev–Trinajstić information content (AvgIpc) is 2.53. The van der Waals surface area contributed by atoms with Gasteiger partial charge in [0, 0.05) is 0 Å². The second-order valence-electron chi connectivity index (χ2n) is 7.86. The normalized spacial score (nSPS) is 17.2. The summed E-state index contributed by atoms with van der Waals surface area (Å²) in [6.07, 6.45) is 17.1. The van der Waals surface area contributed by atoms with E-state index in [1.807, 2.05) is 0 Å². The molecule has 0 N–H and O–H groups in total. The topological polar surface area (TPSA) is 0 Å². The van der Waals surface area contributed by atoms with Crippen molar-refractivity contribution in [1.29, 1.82) is 0 Å². The molecule has 0 saturated carbocycles. The second-order valence-corrected chi connectivity index (χ2v) is 7.86. The van der Waals surface area contributed by atoms with Crippen molar-refractivity contribution in [2.75, 3.05) is 0 Å². The van der Waals surface area contributed by atoms with Crippen LogP contribution in [0.25, 0.3) is 0 Å². The van der Waals surface area contributed by atoms with Crippen LogP contribution < -0.4 is 0 Å². The summed E-state index contributed by atoms with van der Waals surface area (Å²) >= 11 is 0. The van der Waals surface area contributed by atoms with Crippen molar-refractivity contribution in [1.82, 2.24) is 0 Å². The van der Waals surface area contributed by atoms with E-state index < -0.39 is 0 Å². The first-order valence-corrected chi connectivity index (χ1v) is 10.6. The van der Waals surface area contributed by atoms with Gasteiger partial charge in [-0.05, 0) is 30.1 Å². The van der Waals surface area contributed by atoms with Crippen molar-refractivity contribution in [2.24, 2.45) is 23.7 Å². The highest BCUT2D eigenvalue weighted by molar-refractivity contribution is 4.71. The van der Waals surface area contributed by atoms with Gasteiger partial charge in [0.2, 0.25) is 0 Å². The van der Waals surface area contributed by atoms with Crippen LogP contribution in [0, 0.1) is 23.7 Å². The van der Waals surface area contributed by atoms with Crippen molar-refractivity contribution in [3.8, 4) is 0 Å². The van der Waals surface area contributed by atoms with Crippen molar-refractivity contribution < 1.29 is 0 Å². The molecule has 0 bridgehead atoms. The van der Waals surface area contributed by atoms with E-state index in [0.717, 1.165) is 23.7 Å². The smallest absolute Gasteiger partial charge is 0.0388 e. The molecule has 0 aliphatic heterocycles. The fraction of sp³-hybridized carbons (Fsp3) is 1.00. The fourth-order valence-corrected chi connectivity index (χ4v) is 3.96. The summed E-state index contributed by atoms with van der Waals surface area (Å²) < 4.78 is 0. The van der Waals surface area contributed by atoms with Crippen molar-refractivity contribution in [3.05, 3.63) is 0 Å². The molecule has 0 saturated heterocycles. The molecule has 0 aliphatic carbocycles. The Hall–Kier alpha value is 0. The number of hydrogen-bond acceptors (Lipinski definition) is 0. The van der Waals surface area contributed by atoms with Gasteiger partial charge in [0.05, 0.1) is 0 Å². The summed E-state index contributed by atoms with van der Waals surface area (Å²) in [4.78, 5) is 0. The quantitative estimate of drug-likeness (QED) is 0.267. The van der Waals surface area contributed by atoms with E-state index in [1.54, 1.807) is 0 Å². The SMILES string of the molecule is CCCCCC(CC)C(C)CCC(CCCCC)C(C)CC. The molecule has 0 aromatic carbocycles. The molecule has 0 nitrogen and oxygen atoms in total. The summed E-state index contributed by atoms with van der Waals surface area (Å²) in [7, 11) is 0. The fourth-order valence-electron chi connectivity index (χ4n) is 3.96. The minimum atomic E-state index is 0.921. The van der Waals surface area contributed by atoms with Crippen LogP contribution in [0.3, 0.4) is 0 Å². The summed E-state index contributed by atoms with van der Waals surface area (Å²) in [6.45, 7) is 14.4. The Balaban J connectivity index is 4.22. The van der Waals surface area contributed by atoms with E-state index in [1.165, 1.54) is 77.0 Å². The Morgan fingerprint density at radius 2 is 1.05 bits per heavy atom. The maximum Gasteiger partial charge on any atom is -0.0388 e. The standard InChI is InChI=1S/C22H46/c1-7-11-13-15-21(10-4)20(6)17-18-22(19(5)9-3)16-14-12-8-2/h19-22H,7-18H2,1-6H3. The van der Waals surface area contributed by atoms with Gasteiger partial charge in [-0.15, -0.1) is 0 Å². The van der Waals surface area contributed by atoms with Gasteiger partial charge < -0.3 is 0 Å². The van der Waals surface area contributed by atoms with Gasteiger partial charge in [0.1, 0.15) is 0 Å². The van der Waals surface area contributed by atoms with Crippen LogP contribution in [-0.4, -0.2) is 0 Å². The molecule has 22 heavy (non-hydrogen) atoms. The number of rotatable bonds is 15. The minimum absolute atomic E-state index is 0.921. The summed E-state index contributed by atoms with van der Waals surface area (Å²) in [5, 5.41) is 0. The highest BCUT2D eigenvalue weighted by atomic mass is 14.3. The molecule has 0 aromatic heterocycles. The Morgan fingerprint density at radius 3 is 1.50 bits per heavy atom. The Bertz CT molecular complexity index is 220. The number of unbranched alkanes of at least 4 members (excludes halogenated alkanes) is 4. The third kappa shape index (κ3) is 9.90. The molecule has 0 heteroatoms. The lowest BCUT2D eigenvalue weighted by Crippen LogP contribution is -2.16. The molecular weight excluding hydrogens is 264 g/mol. The summed E-state index contributed by atoms with van der Waals surface area (Å²) in [5.74, 6) is 3.80. The molecule has 0 radical (unpaired) electrons. The predicted molar refractivity (Wildman–Crippen MR) is 103 cm³/mol. The van der Waals surface area contributed by atoms with Crippen LogP contribution in [0.5, 0.6) is 0 Å². The lowest BCUT2D eigenvalue weighted by atomic mass is 9.78. The highest BCUT2D eigenvalue weighted by Gasteiger charge is 2.20. The van der Waals surface area contributed by atoms with Crippen LogP contribution in [0.1, 0.15) is 119 Å². The number of hydrogen-bond donors (Lipinski definition) is 0. The third-order valence-electron chi connectivity index (χ3n) is 6.13. The molecule has 0 rings (SSSR count). The van der Waals surface area contributed by atoms with Gasteiger partial charge in [-0.1, -0.05) is 112 Å². The van der Waals surface area contributed by atoms with Crippen LogP contribution in [0.2, 0.25) is 0 Å². The molecule has 134 valence electrons.